The Morgan fingerprint density at radius 2 is 2.04 bits per heavy atom. The first kappa shape index (κ1) is 17.9. The van der Waals surface area contributed by atoms with Crippen molar-refractivity contribution < 1.29 is 19.8 Å². The van der Waals surface area contributed by atoms with Gasteiger partial charge in [-0.15, -0.1) is 0 Å². The van der Waals surface area contributed by atoms with Crippen LogP contribution in [0.1, 0.15) is 37.3 Å². The lowest BCUT2D eigenvalue weighted by Gasteiger charge is -2.41. The van der Waals surface area contributed by atoms with Crippen LogP contribution < -0.4 is 0 Å². The molecule has 2 saturated heterocycles. The SMILES string of the molecule is CN1CCC(O)(C(=O)N2CCC[C@H](c3ccnn3CC(=O)O)C2)CC1. The Morgan fingerprint density at radius 1 is 1.32 bits per heavy atom. The minimum Gasteiger partial charge on any atom is -0.480 e. The third-order valence-corrected chi connectivity index (χ3v) is 5.37. The first-order valence-corrected chi connectivity index (χ1v) is 8.83. The molecule has 138 valence electrons. The van der Waals surface area contributed by atoms with Gasteiger partial charge >= 0.3 is 5.97 Å². The van der Waals surface area contributed by atoms with Gasteiger partial charge in [0.15, 0.2) is 0 Å². The number of rotatable bonds is 4. The van der Waals surface area contributed by atoms with Gasteiger partial charge in [-0.25, -0.2) is 0 Å². The van der Waals surface area contributed by atoms with Crippen LogP contribution in [0.2, 0.25) is 0 Å². The molecule has 1 aromatic heterocycles. The van der Waals surface area contributed by atoms with E-state index in [9.17, 15) is 14.7 Å². The van der Waals surface area contributed by atoms with Gasteiger partial charge in [-0.05, 0) is 38.8 Å². The van der Waals surface area contributed by atoms with Gasteiger partial charge in [0.25, 0.3) is 5.91 Å². The number of aromatic nitrogens is 2. The van der Waals surface area contributed by atoms with Crippen LogP contribution in [0.15, 0.2) is 12.3 Å². The molecule has 2 aliphatic heterocycles. The maximum Gasteiger partial charge on any atom is 0.325 e. The van der Waals surface area contributed by atoms with E-state index in [1.54, 1.807) is 11.1 Å². The highest BCUT2D eigenvalue weighted by Gasteiger charge is 2.42. The molecule has 1 atom stereocenters. The normalized spacial score (nSPS) is 24.2. The molecule has 1 aromatic rings. The van der Waals surface area contributed by atoms with E-state index in [0.29, 0.717) is 39.0 Å². The predicted molar refractivity (Wildman–Crippen MR) is 90.1 cm³/mol. The molecule has 25 heavy (non-hydrogen) atoms. The van der Waals surface area contributed by atoms with Crippen LogP contribution in [-0.4, -0.2) is 80.5 Å². The fourth-order valence-electron chi connectivity index (χ4n) is 3.85. The molecular weight excluding hydrogens is 324 g/mol. The second kappa shape index (κ2) is 7.13. The third kappa shape index (κ3) is 3.85. The molecule has 0 aromatic carbocycles. The number of carbonyl (C=O) groups excluding carboxylic acids is 1. The highest BCUT2D eigenvalue weighted by atomic mass is 16.4. The number of aliphatic hydroxyl groups is 1. The van der Waals surface area contributed by atoms with Crippen molar-refractivity contribution in [3.8, 4) is 0 Å². The topological polar surface area (TPSA) is 98.9 Å². The lowest BCUT2D eigenvalue weighted by Crippen LogP contribution is -2.56. The molecule has 8 nitrogen and oxygen atoms in total. The van der Waals surface area contributed by atoms with Gasteiger partial charge in [-0.1, -0.05) is 0 Å². The van der Waals surface area contributed by atoms with Gasteiger partial charge in [-0.2, -0.15) is 5.10 Å². The molecule has 3 heterocycles. The first-order chi connectivity index (χ1) is 11.9. The first-order valence-electron chi connectivity index (χ1n) is 8.83. The van der Waals surface area contributed by atoms with Crippen LogP contribution in [0.5, 0.6) is 0 Å². The lowest BCUT2D eigenvalue weighted by atomic mass is 9.87. The zero-order valence-electron chi connectivity index (χ0n) is 14.6. The van der Waals surface area contributed by atoms with E-state index < -0.39 is 11.6 Å². The number of hydrogen-bond acceptors (Lipinski definition) is 5. The van der Waals surface area contributed by atoms with E-state index in [0.717, 1.165) is 18.5 Å². The van der Waals surface area contributed by atoms with Crippen molar-refractivity contribution in [3.05, 3.63) is 18.0 Å². The quantitative estimate of drug-likeness (QED) is 0.801. The largest absolute Gasteiger partial charge is 0.480 e. The molecule has 0 aliphatic carbocycles. The average Bonchev–Trinajstić information content (AvgIpc) is 3.04. The van der Waals surface area contributed by atoms with Crippen molar-refractivity contribution in [2.24, 2.45) is 0 Å². The Bertz CT molecular complexity index is 636. The number of amides is 1. The van der Waals surface area contributed by atoms with E-state index in [2.05, 4.69) is 10.00 Å². The minimum atomic E-state index is -1.27. The molecule has 0 bridgehead atoms. The Morgan fingerprint density at radius 3 is 2.72 bits per heavy atom. The van der Waals surface area contributed by atoms with Gasteiger partial charge in [0.1, 0.15) is 12.1 Å². The summed E-state index contributed by atoms with van der Waals surface area (Å²) in [6.07, 6.45) is 4.24. The van der Waals surface area contributed by atoms with Gasteiger partial charge < -0.3 is 20.0 Å². The molecule has 2 fully saturated rings. The second-order valence-electron chi connectivity index (χ2n) is 7.23. The van der Waals surface area contributed by atoms with E-state index in [4.69, 9.17) is 5.11 Å². The summed E-state index contributed by atoms with van der Waals surface area (Å²) in [6.45, 7) is 2.39. The van der Waals surface area contributed by atoms with Crippen LogP contribution in [-0.2, 0) is 16.1 Å². The van der Waals surface area contributed by atoms with Crippen molar-refractivity contribution in [2.45, 2.75) is 43.7 Å². The smallest absolute Gasteiger partial charge is 0.325 e. The van der Waals surface area contributed by atoms with E-state index in [-0.39, 0.29) is 18.4 Å². The molecule has 0 spiro atoms. The highest BCUT2D eigenvalue weighted by Crippen LogP contribution is 2.30. The molecule has 3 rings (SSSR count). The minimum absolute atomic E-state index is 0.0504. The van der Waals surface area contributed by atoms with Crippen molar-refractivity contribution >= 4 is 11.9 Å². The monoisotopic (exact) mass is 350 g/mol. The summed E-state index contributed by atoms with van der Waals surface area (Å²) < 4.78 is 1.49. The standard InChI is InChI=1S/C17H26N4O4/c1-19-9-5-17(25,6-10-19)16(24)20-8-2-3-13(11-20)14-4-7-18-21(14)12-15(22)23/h4,7,13,25H,2-3,5-6,8-12H2,1H3,(H,22,23)/t13-/m0/s1. The van der Waals surface area contributed by atoms with Crippen molar-refractivity contribution in [1.82, 2.24) is 19.6 Å². The number of carboxylic acids is 1. The Hall–Kier alpha value is -1.93. The van der Waals surface area contributed by atoms with Gasteiger partial charge in [-0.3, -0.25) is 14.3 Å². The summed E-state index contributed by atoms with van der Waals surface area (Å²) in [4.78, 5) is 27.8. The van der Waals surface area contributed by atoms with Crippen LogP contribution in [0.25, 0.3) is 0 Å². The fourth-order valence-corrected chi connectivity index (χ4v) is 3.85. The van der Waals surface area contributed by atoms with Crippen molar-refractivity contribution in [2.75, 3.05) is 33.2 Å². The van der Waals surface area contributed by atoms with Crippen LogP contribution in [0.4, 0.5) is 0 Å². The molecule has 8 heteroatoms. The van der Waals surface area contributed by atoms with E-state index >= 15 is 0 Å². The second-order valence-corrected chi connectivity index (χ2v) is 7.23. The molecular formula is C17H26N4O4. The summed E-state index contributed by atoms with van der Waals surface area (Å²) in [5.74, 6) is -1.07. The number of piperidine rings is 2. The van der Waals surface area contributed by atoms with Gasteiger partial charge in [0.05, 0.1) is 0 Å². The molecule has 1 amide bonds. The number of aliphatic carboxylic acids is 1. The highest BCUT2D eigenvalue weighted by molar-refractivity contribution is 5.85. The summed E-state index contributed by atoms with van der Waals surface area (Å²) in [7, 11) is 1.99. The Labute approximate surface area is 147 Å². The third-order valence-electron chi connectivity index (χ3n) is 5.37. The van der Waals surface area contributed by atoms with Crippen molar-refractivity contribution in [1.29, 1.82) is 0 Å². The molecule has 0 radical (unpaired) electrons. The number of carboxylic acid groups (broad SMARTS) is 1. The van der Waals surface area contributed by atoms with Gasteiger partial charge in [0.2, 0.25) is 0 Å². The zero-order chi connectivity index (χ0) is 18.0. The Balaban J connectivity index is 1.70. The zero-order valence-corrected chi connectivity index (χ0v) is 14.6. The van der Waals surface area contributed by atoms with E-state index in [1.165, 1.54) is 4.68 Å². The summed E-state index contributed by atoms with van der Waals surface area (Å²) in [5, 5.41) is 23.9. The number of carbonyl (C=O) groups is 2. The fraction of sp³-hybridized carbons (Fsp3) is 0.706. The van der Waals surface area contributed by atoms with Crippen molar-refractivity contribution in [3.63, 3.8) is 0 Å². The maximum absolute atomic E-state index is 12.9. The van der Waals surface area contributed by atoms with Crippen LogP contribution >= 0.6 is 0 Å². The number of likely N-dealkylation sites (tertiary alicyclic amines) is 2. The molecule has 2 aliphatic rings. The predicted octanol–water partition coefficient (Wildman–Crippen LogP) is 0.130. The van der Waals surface area contributed by atoms with Gasteiger partial charge in [0, 0.05) is 44.0 Å². The van der Waals surface area contributed by atoms with Crippen LogP contribution in [0, 0.1) is 0 Å². The van der Waals surface area contributed by atoms with E-state index in [1.807, 2.05) is 13.1 Å². The molecule has 0 saturated carbocycles. The molecule has 2 N–H and O–H groups in total. The van der Waals surface area contributed by atoms with Crippen LogP contribution in [0.3, 0.4) is 0 Å². The molecule has 0 unspecified atom stereocenters. The Kier molecular flexibility index (Phi) is 5.10. The average molecular weight is 350 g/mol. The maximum atomic E-state index is 12.9. The number of hydrogen-bond donors (Lipinski definition) is 2. The number of nitrogens with zero attached hydrogens (tertiary/aromatic N) is 4. The summed E-state index contributed by atoms with van der Waals surface area (Å²) in [6, 6.07) is 1.83. The summed E-state index contributed by atoms with van der Waals surface area (Å²) >= 11 is 0. The summed E-state index contributed by atoms with van der Waals surface area (Å²) in [5.41, 5.74) is -0.425. The lowest BCUT2D eigenvalue weighted by molar-refractivity contribution is -0.157.